The zero-order valence-electron chi connectivity index (χ0n) is 11.2. The third kappa shape index (κ3) is 4.61. The van der Waals surface area contributed by atoms with Crippen LogP contribution >= 0.6 is 58.6 Å². The number of rotatable bonds is 4. The van der Waals surface area contributed by atoms with Crippen LogP contribution in [0.25, 0.3) is 0 Å². The second kappa shape index (κ2) is 8.18. The van der Waals surface area contributed by atoms with Crippen molar-refractivity contribution in [1.82, 2.24) is 10.3 Å². The molecule has 116 valence electrons. The lowest BCUT2D eigenvalue weighted by molar-refractivity contribution is 0.873. The quantitative estimate of drug-likeness (QED) is 0.550. The maximum Gasteiger partial charge on any atom is 0.171 e. The Morgan fingerprint density at radius 2 is 1.77 bits per heavy atom. The Morgan fingerprint density at radius 1 is 1.05 bits per heavy atom. The Kier molecular flexibility index (Phi) is 6.53. The topological polar surface area (TPSA) is 37.0 Å². The number of hydrogen-bond acceptors (Lipinski definition) is 2. The van der Waals surface area contributed by atoms with Gasteiger partial charge >= 0.3 is 0 Å². The highest BCUT2D eigenvalue weighted by Crippen LogP contribution is 2.31. The standard InChI is InChI=1S/C14H11Cl4N3S/c15-9-3-4-10(16)12(18)8(9)5-7-20-14(22)21-13-11(17)2-1-6-19-13/h1-4,6H,5,7H2,(H2,19,20,21,22). The third-order valence-electron chi connectivity index (χ3n) is 2.79. The number of aromatic nitrogens is 1. The van der Waals surface area contributed by atoms with Gasteiger partial charge < -0.3 is 10.6 Å². The minimum absolute atomic E-state index is 0.412. The van der Waals surface area contributed by atoms with Gasteiger partial charge in [-0.05, 0) is 48.5 Å². The van der Waals surface area contributed by atoms with Gasteiger partial charge in [0.25, 0.3) is 0 Å². The van der Waals surface area contributed by atoms with E-state index in [4.69, 9.17) is 58.6 Å². The normalized spacial score (nSPS) is 10.4. The lowest BCUT2D eigenvalue weighted by atomic mass is 10.1. The second-order valence-corrected chi connectivity index (χ2v) is 6.29. The Balaban J connectivity index is 1.90. The van der Waals surface area contributed by atoms with E-state index in [1.54, 1.807) is 30.5 Å². The number of benzene rings is 1. The monoisotopic (exact) mass is 393 g/mol. The van der Waals surface area contributed by atoms with Gasteiger partial charge in [0.05, 0.1) is 15.1 Å². The van der Waals surface area contributed by atoms with Crippen molar-refractivity contribution in [3.05, 3.63) is 56.1 Å². The Labute approximate surface area is 153 Å². The molecule has 0 amide bonds. The molecule has 22 heavy (non-hydrogen) atoms. The van der Waals surface area contributed by atoms with Crippen LogP contribution in [0.1, 0.15) is 5.56 Å². The summed E-state index contributed by atoms with van der Waals surface area (Å²) in [6.45, 7) is 0.538. The molecule has 1 heterocycles. The third-order valence-corrected chi connectivity index (χ3v) is 4.54. The fourth-order valence-corrected chi connectivity index (χ4v) is 2.83. The van der Waals surface area contributed by atoms with E-state index in [1.165, 1.54) is 0 Å². The summed E-state index contributed by atoms with van der Waals surface area (Å²) in [4.78, 5) is 4.09. The number of hydrogen-bond donors (Lipinski definition) is 2. The Bertz CT molecular complexity index is 694. The lowest BCUT2D eigenvalue weighted by Crippen LogP contribution is -2.30. The highest BCUT2D eigenvalue weighted by molar-refractivity contribution is 7.80. The summed E-state index contributed by atoms with van der Waals surface area (Å²) >= 11 is 29.4. The van der Waals surface area contributed by atoms with Crippen molar-refractivity contribution >= 4 is 69.6 Å². The molecular formula is C14H11Cl4N3S. The molecule has 0 spiro atoms. The van der Waals surface area contributed by atoms with E-state index in [0.717, 1.165) is 5.56 Å². The van der Waals surface area contributed by atoms with Gasteiger partial charge in [-0.15, -0.1) is 0 Å². The van der Waals surface area contributed by atoms with Crippen molar-refractivity contribution in [2.24, 2.45) is 0 Å². The maximum absolute atomic E-state index is 6.14. The van der Waals surface area contributed by atoms with E-state index in [-0.39, 0.29) is 0 Å². The molecule has 1 aromatic carbocycles. The van der Waals surface area contributed by atoms with Crippen molar-refractivity contribution in [2.75, 3.05) is 11.9 Å². The minimum Gasteiger partial charge on any atom is -0.362 e. The smallest absolute Gasteiger partial charge is 0.171 e. The van der Waals surface area contributed by atoms with Gasteiger partial charge in [0.15, 0.2) is 10.9 Å². The first kappa shape index (κ1) is 17.6. The van der Waals surface area contributed by atoms with Crippen LogP contribution in [0.2, 0.25) is 20.1 Å². The zero-order valence-corrected chi connectivity index (χ0v) is 15.0. The van der Waals surface area contributed by atoms with E-state index in [2.05, 4.69) is 15.6 Å². The maximum atomic E-state index is 6.14. The highest BCUT2D eigenvalue weighted by Gasteiger charge is 2.10. The molecule has 1 aromatic heterocycles. The van der Waals surface area contributed by atoms with Gasteiger partial charge in [-0.1, -0.05) is 46.4 Å². The molecule has 2 rings (SSSR count). The first-order valence-corrected chi connectivity index (χ1v) is 8.19. The molecule has 0 atom stereocenters. The average molecular weight is 395 g/mol. The van der Waals surface area contributed by atoms with Gasteiger partial charge in [0.2, 0.25) is 0 Å². The molecule has 2 N–H and O–H groups in total. The zero-order chi connectivity index (χ0) is 16.1. The summed E-state index contributed by atoms with van der Waals surface area (Å²) in [5, 5.41) is 8.38. The Morgan fingerprint density at radius 3 is 2.50 bits per heavy atom. The summed E-state index contributed by atoms with van der Waals surface area (Å²) in [5.41, 5.74) is 0.780. The van der Waals surface area contributed by atoms with Crippen LogP contribution in [-0.4, -0.2) is 16.6 Å². The Hall–Kier alpha value is -0.780. The van der Waals surface area contributed by atoms with E-state index in [9.17, 15) is 0 Å². The van der Waals surface area contributed by atoms with E-state index in [1.807, 2.05) is 0 Å². The van der Waals surface area contributed by atoms with Crippen LogP contribution in [-0.2, 0) is 6.42 Å². The summed E-state index contributed by atoms with van der Waals surface area (Å²) < 4.78 is 0. The van der Waals surface area contributed by atoms with Gasteiger partial charge in [0, 0.05) is 17.8 Å². The van der Waals surface area contributed by atoms with Crippen LogP contribution in [0.3, 0.4) is 0 Å². The molecule has 0 unspecified atom stereocenters. The number of pyridine rings is 1. The van der Waals surface area contributed by atoms with Crippen LogP contribution < -0.4 is 10.6 Å². The first-order chi connectivity index (χ1) is 10.5. The summed E-state index contributed by atoms with van der Waals surface area (Å²) in [7, 11) is 0. The van der Waals surface area contributed by atoms with Crippen LogP contribution in [0.4, 0.5) is 5.82 Å². The summed E-state index contributed by atoms with van der Waals surface area (Å²) in [5.74, 6) is 0.500. The van der Waals surface area contributed by atoms with Crippen LogP contribution in [0.5, 0.6) is 0 Å². The number of anilines is 1. The van der Waals surface area contributed by atoms with E-state index < -0.39 is 0 Å². The molecule has 0 bridgehead atoms. The number of nitrogens with zero attached hydrogens (tertiary/aromatic N) is 1. The number of nitrogens with one attached hydrogen (secondary N) is 2. The first-order valence-electron chi connectivity index (χ1n) is 6.26. The molecule has 3 nitrogen and oxygen atoms in total. The van der Waals surface area contributed by atoms with E-state index >= 15 is 0 Å². The molecule has 0 aliphatic heterocycles. The van der Waals surface area contributed by atoms with Gasteiger partial charge in [-0.2, -0.15) is 0 Å². The predicted molar refractivity (Wildman–Crippen MR) is 98.6 cm³/mol. The van der Waals surface area contributed by atoms with Crippen molar-refractivity contribution < 1.29 is 0 Å². The average Bonchev–Trinajstić information content (AvgIpc) is 2.49. The van der Waals surface area contributed by atoms with Crippen molar-refractivity contribution in [3.63, 3.8) is 0 Å². The minimum atomic E-state index is 0.412. The summed E-state index contributed by atoms with van der Waals surface area (Å²) in [6.07, 6.45) is 2.21. The second-order valence-electron chi connectivity index (χ2n) is 4.29. The predicted octanol–water partition coefficient (Wildman–Crippen LogP) is 5.22. The lowest BCUT2D eigenvalue weighted by Gasteiger charge is -2.12. The fourth-order valence-electron chi connectivity index (χ4n) is 1.73. The fraction of sp³-hybridized carbons (Fsp3) is 0.143. The molecule has 2 aromatic rings. The highest BCUT2D eigenvalue weighted by atomic mass is 35.5. The van der Waals surface area contributed by atoms with Crippen molar-refractivity contribution in [3.8, 4) is 0 Å². The van der Waals surface area contributed by atoms with E-state index in [0.29, 0.717) is 44.0 Å². The van der Waals surface area contributed by atoms with Gasteiger partial charge in [-0.25, -0.2) is 4.98 Å². The molecular weight excluding hydrogens is 384 g/mol. The summed E-state index contributed by atoms with van der Waals surface area (Å²) in [6, 6.07) is 6.85. The van der Waals surface area contributed by atoms with Gasteiger partial charge in [-0.3, -0.25) is 0 Å². The molecule has 0 saturated carbocycles. The SMILES string of the molecule is S=C(NCCc1c(Cl)ccc(Cl)c1Cl)Nc1ncccc1Cl. The molecule has 0 radical (unpaired) electrons. The molecule has 0 aliphatic rings. The molecule has 0 fully saturated rings. The van der Waals surface area contributed by atoms with Crippen molar-refractivity contribution in [1.29, 1.82) is 0 Å². The van der Waals surface area contributed by atoms with Crippen molar-refractivity contribution in [2.45, 2.75) is 6.42 Å². The van der Waals surface area contributed by atoms with Crippen LogP contribution in [0.15, 0.2) is 30.5 Å². The molecule has 8 heteroatoms. The number of thiocarbonyl (C=S) groups is 1. The largest absolute Gasteiger partial charge is 0.362 e. The number of halogens is 4. The molecule has 0 saturated heterocycles. The van der Waals surface area contributed by atoms with Gasteiger partial charge in [0.1, 0.15) is 0 Å². The molecule has 0 aliphatic carbocycles. The van der Waals surface area contributed by atoms with Crippen LogP contribution in [0, 0.1) is 0 Å².